The predicted octanol–water partition coefficient (Wildman–Crippen LogP) is 10.8. The van der Waals surface area contributed by atoms with E-state index in [4.69, 9.17) is 4.98 Å². The van der Waals surface area contributed by atoms with Crippen molar-refractivity contribution in [2.24, 2.45) is 17.8 Å². The molecule has 6 aromatic rings. The second kappa shape index (κ2) is 16.3. The van der Waals surface area contributed by atoms with Gasteiger partial charge in [-0.25, -0.2) is 5.26 Å². The van der Waals surface area contributed by atoms with Crippen molar-refractivity contribution < 1.29 is 20.1 Å². The number of hydrogen-bond acceptors (Lipinski definition) is 3. The number of hydrogen-bond donors (Lipinski definition) is 0. The number of fused-ring (bicyclic) bond motifs is 2. The van der Waals surface area contributed by atoms with Crippen molar-refractivity contribution in [2.75, 3.05) is 0 Å². The van der Waals surface area contributed by atoms with Gasteiger partial charge in [0.05, 0.1) is 8.07 Å². The van der Waals surface area contributed by atoms with Crippen LogP contribution < -0.4 is 5.19 Å². The molecule has 0 spiro atoms. The van der Waals surface area contributed by atoms with Crippen LogP contribution in [0, 0.1) is 41.2 Å². The molecule has 2 aliphatic rings. The van der Waals surface area contributed by atoms with Gasteiger partial charge in [-0.15, -0.1) is 59.7 Å². The molecule has 2 aliphatic carbocycles. The molecule has 2 heterocycles. The minimum absolute atomic E-state index is 0. The minimum Gasteiger partial charge on any atom is -0.305 e. The third-order valence-corrected chi connectivity index (χ3v) is 12.5. The zero-order valence-corrected chi connectivity index (χ0v) is 33.0. The molecule has 2 bridgehead atoms. The second-order valence-electron chi connectivity index (χ2n) is 14.8. The molecule has 5 heteroatoms. The monoisotopic (exact) mass is 858 g/mol. The Labute approximate surface area is 318 Å². The van der Waals surface area contributed by atoms with Gasteiger partial charge in [0.25, 0.3) is 0 Å². The van der Waals surface area contributed by atoms with E-state index in [1.165, 1.54) is 32.1 Å². The van der Waals surface area contributed by atoms with E-state index in [0.29, 0.717) is 5.56 Å². The summed E-state index contributed by atoms with van der Waals surface area (Å²) in [6.07, 6.45) is 11.2. The third-order valence-electron chi connectivity index (χ3n) is 10.4. The number of pyridine rings is 2. The Kier molecular flexibility index (Phi) is 11.6. The summed E-state index contributed by atoms with van der Waals surface area (Å²) in [6, 6.07) is 47.3. The van der Waals surface area contributed by atoms with Crippen molar-refractivity contribution in [2.45, 2.75) is 51.7 Å². The van der Waals surface area contributed by atoms with Crippen molar-refractivity contribution in [1.29, 1.82) is 5.26 Å². The van der Waals surface area contributed by atoms with Crippen LogP contribution in [0.25, 0.3) is 44.8 Å². The van der Waals surface area contributed by atoms with E-state index in [-0.39, 0.29) is 20.1 Å². The predicted molar refractivity (Wildman–Crippen MR) is 208 cm³/mol. The van der Waals surface area contributed by atoms with Crippen molar-refractivity contribution in [3.05, 3.63) is 151 Å². The Morgan fingerprint density at radius 1 is 0.745 bits per heavy atom. The van der Waals surface area contributed by atoms with Gasteiger partial charge in [-0.3, -0.25) is 0 Å². The minimum atomic E-state index is -1.37. The van der Waals surface area contributed by atoms with E-state index < -0.39 is 8.07 Å². The summed E-state index contributed by atoms with van der Waals surface area (Å²) in [6.45, 7) is 7.34. The summed E-state index contributed by atoms with van der Waals surface area (Å²) < 4.78 is 0. The second-order valence-corrected chi connectivity index (χ2v) is 19.9. The number of nitriles is 1. The first kappa shape index (κ1) is 36.3. The fraction of sp³-hybridized carbons (Fsp3) is 0.239. The molecule has 3 atom stereocenters. The van der Waals surface area contributed by atoms with Gasteiger partial charge >= 0.3 is 0 Å². The quantitative estimate of drug-likeness (QED) is 0.119. The van der Waals surface area contributed by atoms with Crippen LogP contribution in [0.1, 0.15) is 36.8 Å². The number of aromatic nitrogens is 2. The first-order valence-electron chi connectivity index (χ1n) is 17.9. The maximum Gasteiger partial charge on any atom is 0.0798 e. The molecule has 8 rings (SSSR count). The maximum absolute atomic E-state index is 9.45. The van der Waals surface area contributed by atoms with E-state index in [9.17, 15) is 5.26 Å². The molecule has 257 valence electrons. The van der Waals surface area contributed by atoms with Crippen LogP contribution in [0.15, 0.2) is 128 Å². The van der Waals surface area contributed by atoms with Crippen molar-refractivity contribution in [1.82, 2.24) is 9.97 Å². The summed E-state index contributed by atoms with van der Waals surface area (Å²) in [4.78, 5) is 9.31. The smallest absolute Gasteiger partial charge is 0.0798 e. The number of rotatable bonds is 7. The van der Waals surface area contributed by atoms with E-state index in [0.717, 1.165) is 62.5 Å². The van der Waals surface area contributed by atoms with Gasteiger partial charge in [-0.05, 0) is 88.3 Å². The summed E-state index contributed by atoms with van der Waals surface area (Å²) >= 11 is 0. The summed E-state index contributed by atoms with van der Waals surface area (Å²) in [5.74, 6) is 2.93. The molecule has 0 amide bonds. The molecule has 3 nitrogen and oxygen atoms in total. The molecule has 1 radical (unpaired) electrons. The van der Waals surface area contributed by atoms with Crippen molar-refractivity contribution in [3.8, 4) is 50.8 Å². The number of nitrogens with zero attached hydrogens (tertiary/aromatic N) is 3. The summed E-state index contributed by atoms with van der Waals surface area (Å²) in [5, 5.41) is 11.0. The van der Waals surface area contributed by atoms with Crippen LogP contribution in [0.4, 0.5) is 0 Å². The van der Waals surface area contributed by atoms with Crippen LogP contribution in [0.5, 0.6) is 0 Å². The molecular weight excluding hydrogens is 815 g/mol. The Balaban J connectivity index is 0.000000173. The SMILES string of the molecule is C[Si](C)(C)c1cnc(-c2[c-]cccc2)cc1CC1CC2CCC1C2.N#Cc1c[c-]c(-c2cc(-c3ccccc3)ccn2)cc1-c1ccccc1.[Ir]. The van der Waals surface area contributed by atoms with Gasteiger partial charge in [0, 0.05) is 38.6 Å². The van der Waals surface area contributed by atoms with Crippen LogP contribution in [0.3, 0.4) is 0 Å². The van der Waals surface area contributed by atoms with Gasteiger partial charge in [0.15, 0.2) is 0 Å². The van der Waals surface area contributed by atoms with Crippen molar-refractivity contribution in [3.63, 3.8) is 0 Å². The Hall–Kier alpha value is -4.46. The molecule has 0 saturated heterocycles. The average Bonchev–Trinajstić information content (AvgIpc) is 3.79. The fourth-order valence-electron chi connectivity index (χ4n) is 7.93. The molecule has 2 saturated carbocycles. The van der Waals surface area contributed by atoms with Crippen molar-refractivity contribution >= 4 is 13.3 Å². The van der Waals surface area contributed by atoms with Gasteiger partial charge in [0.2, 0.25) is 0 Å². The number of benzene rings is 4. The van der Waals surface area contributed by atoms with Gasteiger partial charge in [0.1, 0.15) is 0 Å². The molecule has 0 N–H and O–H groups in total. The largest absolute Gasteiger partial charge is 0.305 e. The average molecular weight is 858 g/mol. The zero-order chi connectivity index (χ0) is 34.5. The van der Waals surface area contributed by atoms with Crippen LogP contribution in [-0.4, -0.2) is 18.0 Å². The van der Waals surface area contributed by atoms with Crippen LogP contribution in [-0.2, 0) is 26.5 Å². The summed E-state index contributed by atoms with van der Waals surface area (Å²) in [5.41, 5.74) is 10.3. The molecule has 0 aliphatic heterocycles. The Bertz CT molecular complexity index is 2100. The fourth-order valence-corrected chi connectivity index (χ4v) is 9.52. The Morgan fingerprint density at radius 2 is 1.47 bits per heavy atom. The first-order valence-corrected chi connectivity index (χ1v) is 21.4. The molecule has 2 fully saturated rings. The van der Waals surface area contributed by atoms with Crippen LogP contribution >= 0.6 is 0 Å². The molecule has 2 aromatic heterocycles. The molecule has 3 unspecified atom stereocenters. The van der Waals surface area contributed by atoms with Gasteiger partial charge in [-0.2, -0.15) is 0 Å². The van der Waals surface area contributed by atoms with E-state index in [1.807, 2.05) is 79.0 Å². The summed E-state index contributed by atoms with van der Waals surface area (Å²) in [7, 11) is -1.37. The topological polar surface area (TPSA) is 49.6 Å². The van der Waals surface area contributed by atoms with Crippen LogP contribution in [0.2, 0.25) is 19.6 Å². The molecular formula is C46H43IrN3Si-2. The van der Waals surface area contributed by atoms with E-state index in [2.05, 4.69) is 85.4 Å². The normalized spacial score (nSPS) is 17.5. The van der Waals surface area contributed by atoms with E-state index in [1.54, 1.807) is 16.8 Å². The van der Waals surface area contributed by atoms with Gasteiger partial charge < -0.3 is 9.97 Å². The van der Waals surface area contributed by atoms with Gasteiger partial charge in [-0.1, -0.05) is 110 Å². The Morgan fingerprint density at radius 3 is 2.12 bits per heavy atom. The molecule has 51 heavy (non-hydrogen) atoms. The molecule has 4 aromatic carbocycles. The third kappa shape index (κ3) is 8.54. The first-order chi connectivity index (χ1) is 24.4. The maximum atomic E-state index is 9.45. The zero-order valence-electron chi connectivity index (χ0n) is 29.6. The standard InChI is InChI=1S/C24H15N2.C22H28NSi.Ir/c25-17-22-12-11-21(15-23(22)19-9-5-2-6-10-19)24-16-20(13-14-26-24)18-7-3-1-4-8-18;1-24(2,3)22-15-23-21(17-7-5-4-6-8-17)14-20(22)13-19-12-16-9-10-18(19)11-16;/h1-10,12-16H;4-7,14-16,18-19H,9-13H2,1-3H3;/q2*-1;. The van der Waals surface area contributed by atoms with E-state index >= 15 is 0 Å².